The number of rotatable bonds is 8. The Labute approximate surface area is 194 Å². The molecule has 3 aromatic carbocycles. The maximum atomic E-state index is 6.48. The highest BCUT2D eigenvalue weighted by atomic mass is 35.5. The lowest BCUT2D eigenvalue weighted by atomic mass is 10.0. The van der Waals surface area contributed by atoms with E-state index in [-0.39, 0.29) is 6.04 Å². The number of nitrogens with one attached hydrogen (secondary N) is 4. The van der Waals surface area contributed by atoms with Gasteiger partial charge in [-0.1, -0.05) is 72.3 Å². The maximum absolute atomic E-state index is 6.48. The van der Waals surface area contributed by atoms with E-state index in [1.165, 1.54) is 16.8 Å². The number of halogens is 1. The first-order valence-electron chi connectivity index (χ1n) is 11.4. The first-order chi connectivity index (χ1) is 15.7. The summed E-state index contributed by atoms with van der Waals surface area (Å²) < 4.78 is 0. The molecule has 4 aromatic rings. The van der Waals surface area contributed by atoms with Crippen molar-refractivity contribution in [2.75, 3.05) is 18.4 Å². The van der Waals surface area contributed by atoms with Gasteiger partial charge in [0.1, 0.15) is 0 Å². The second-order valence-corrected chi connectivity index (χ2v) is 9.02. The van der Waals surface area contributed by atoms with Gasteiger partial charge in [0, 0.05) is 35.2 Å². The van der Waals surface area contributed by atoms with E-state index in [9.17, 15) is 0 Å². The monoisotopic (exact) mass is 444 g/mol. The van der Waals surface area contributed by atoms with Crippen LogP contribution in [0.3, 0.4) is 0 Å². The summed E-state index contributed by atoms with van der Waals surface area (Å²) in [4.78, 5) is 3.72. The molecule has 0 bridgehead atoms. The minimum absolute atomic E-state index is 0.204. The van der Waals surface area contributed by atoms with Crippen LogP contribution in [0.4, 0.5) is 5.69 Å². The molecule has 0 aliphatic carbocycles. The molecular weight excluding hydrogens is 416 g/mol. The van der Waals surface area contributed by atoms with E-state index in [4.69, 9.17) is 11.6 Å². The fourth-order valence-corrected chi connectivity index (χ4v) is 4.77. The molecule has 2 heterocycles. The van der Waals surface area contributed by atoms with Crippen LogP contribution in [-0.4, -0.2) is 24.1 Å². The van der Waals surface area contributed by atoms with Crippen LogP contribution in [0, 0.1) is 0 Å². The lowest BCUT2D eigenvalue weighted by Crippen LogP contribution is -2.35. The Morgan fingerprint density at radius 3 is 2.41 bits per heavy atom. The van der Waals surface area contributed by atoms with Crippen molar-refractivity contribution in [2.24, 2.45) is 0 Å². The third-order valence-electron chi connectivity index (χ3n) is 6.20. The normalized spacial score (nSPS) is 17.0. The number of H-pyrrole nitrogens is 1. The predicted octanol–water partition coefficient (Wildman–Crippen LogP) is 5.67. The Kier molecular flexibility index (Phi) is 6.44. The van der Waals surface area contributed by atoms with Gasteiger partial charge in [0.25, 0.3) is 0 Å². The molecule has 4 nitrogen and oxygen atoms in total. The van der Waals surface area contributed by atoms with Crippen LogP contribution in [0.15, 0.2) is 78.9 Å². The van der Waals surface area contributed by atoms with Gasteiger partial charge in [0.15, 0.2) is 0 Å². The Hall–Kier alpha value is -2.79. The average Bonchev–Trinajstić information content (AvgIpc) is 3.48. The molecule has 1 saturated heterocycles. The molecule has 2 atom stereocenters. The molecule has 32 heavy (non-hydrogen) atoms. The van der Waals surface area contributed by atoms with Crippen molar-refractivity contribution in [3.63, 3.8) is 0 Å². The number of aromatic nitrogens is 1. The van der Waals surface area contributed by atoms with Crippen molar-refractivity contribution >= 4 is 28.2 Å². The lowest BCUT2D eigenvalue weighted by molar-refractivity contribution is 0.446. The van der Waals surface area contributed by atoms with Gasteiger partial charge in [0.05, 0.1) is 17.2 Å². The van der Waals surface area contributed by atoms with E-state index in [1.54, 1.807) is 0 Å². The van der Waals surface area contributed by atoms with Crippen LogP contribution in [0.5, 0.6) is 0 Å². The number of anilines is 1. The molecule has 0 saturated carbocycles. The summed E-state index contributed by atoms with van der Waals surface area (Å²) in [5.74, 6) is 0. The quantitative estimate of drug-likeness (QED) is 0.283. The first-order valence-corrected chi connectivity index (χ1v) is 11.7. The third kappa shape index (κ3) is 4.99. The minimum Gasteiger partial charge on any atom is -0.379 e. The molecular formula is C27H29ClN4. The summed E-state index contributed by atoms with van der Waals surface area (Å²) >= 11 is 6.48. The summed E-state index contributed by atoms with van der Waals surface area (Å²) in [6.07, 6.45) is 2.09. The number of hydrogen-bond donors (Lipinski definition) is 4. The van der Waals surface area contributed by atoms with Gasteiger partial charge in [0.2, 0.25) is 0 Å². The highest BCUT2D eigenvalue weighted by Gasteiger charge is 2.22. The van der Waals surface area contributed by atoms with Crippen molar-refractivity contribution in [1.82, 2.24) is 15.6 Å². The zero-order valence-electron chi connectivity index (χ0n) is 18.1. The SMILES string of the molecule is Clc1cc(NCc2ccccc2)c2[nH]c(C(Cc3ccccc3)N[C@@H]3CCNC3)cc2c1. The molecule has 1 unspecified atom stereocenters. The van der Waals surface area contributed by atoms with Gasteiger partial charge < -0.3 is 20.9 Å². The zero-order chi connectivity index (χ0) is 21.8. The molecule has 1 fully saturated rings. The maximum Gasteiger partial charge on any atom is 0.0693 e. The van der Waals surface area contributed by atoms with E-state index in [0.29, 0.717) is 6.04 Å². The smallest absolute Gasteiger partial charge is 0.0693 e. The van der Waals surface area contributed by atoms with Gasteiger partial charge in [-0.15, -0.1) is 0 Å². The summed E-state index contributed by atoms with van der Waals surface area (Å²) in [7, 11) is 0. The van der Waals surface area contributed by atoms with Crippen LogP contribution in [-0.2, 0) is 13.0 Å². The topological polar surface area (TPSA) is 51.9 Å². The van der Waals surface area contributed by atoms with E-state index in [2.05, 4.69) is 81.6 Å². The van der Waals surface area contributed by atoms with Gasteiger partial charge in [-0.25, -0.2) is 0 Å². The molecule has 1 aliphatic heterocycles. The van der Waals surface area contributed by atoms with Gasteiger partial charge in [-0.3, -0.25) is 0 Å². The zero-order valence-corrected chi connectivity index (χ0v) is 18.8. The van der Waals surface area contributed by atoms with Gasteiger partial charge >= 0.3 is 0 Å². The molecule has 164 valence electrons. The van der Waals surface area contributed by atoms with Crippen LogP contribution in [0.1, 0.15) is 29.3 Å². The fourth-order valence-electron chi connectivity index (χ4n) is 4.54. The summed E-state index contributed by atoms with van der Waals surface area (Å²) in [6, 6.07) is 28.1. The Bertz CT molecular complexity index is 1150. The number of aromatic amines is 1. The van der Waals surface area contributed by atoms with Gasteiger partial charge in [-0.2, -0.15) is 0 Å². The van der Waals surface area contributed by atoms with Crippen molar-refractivity contribution in [2.45, 2.75) is 31.5 Å². The van der Waals surface area contributed by atoms with Crippen molar-refractivity contribution in [3.8, 4) is 0 Å². The van der Waals surface area contributed by atoms with Crippen LogP contribution in [0.2, 0.25) is 5.02 Å². The molecule has 1 aromatic heterocycles. The van der Waals surface area contributed by atoms with Crippen LogP contribution >= 0.6 is 11.6 Å². The first kappa shape index (κ1) is 21.1. The standard InChI is InChI=1S/C27H29ClN4/c28-22-14-21-15-25(32-27(21)26(16-22)30-17-20-9-5-2-6-10-20)24(31-23-11-12-29-18-23)13-19-7-3-1-4-8-19/h1-10,14-16,23-24,29-32H,11-13,17-18H2/t23-,24?/m1/s1. The van der Waals surface area contributed by atoms with E-state index >= 15 is 0 Å². The van der Waals surface area contributed by atoms with Gasteiger partial charge in [-0.05, 0) is 48.7 Å². The Morgan fingerprint density at radius 1 is 0.938 bits per heavy atom. The third-order valence-corrected chi connectivity index (χ3v) is 6.41. The van der Waals surface area contributed by atoms with E-state index in [1.807, 2.05) is 18.2 Å². The highest BCUT2D eigenvalue weighted by Crippen LogP contribution is 2.32. The number of fused-ring (bicyclic) bond motifs is 1. The molecule has 0 radical (unpaired) electrons. The Morgan fingerprint density at radius 2 is 1.69 bits per heavy atom. The molecule has 5 heteroatoms. The second-order valence-electron chi connectivity index (χ2n) is 8.58. The van der Waals surface area contributed by atoms with Crippen molar-refractivity contribution in [3.05, 3.63) is 101 Å². The molecule has 0 amide bonds. The molecule has 1 aliphatic rings. The molecule has 0 spiro atoms. The van der Waals surface area contributed by atoms with Crippen LogP contribution in [0.25, 0.3) is 10.9 Å². The second kappa shape index (κ2) is 9.78. The molecule has 4 N–H and O–H groups in total. The highest BCUT2D eigenvalue weighted by molar-refractivity contribution is 6.31. The van der Waals surface area contributed by atoms with E-state index in [0.717, 1.165) is 54.1 Å². The summed E-state index contributed by atoms with van der Waals surface area (Å²) in [5.41, 5.74) is 5.90. The van der Waals surface area contributed by atoms with Crippen molar-refractivity contribution in [1.29, 1.82) is 0 Å². The Balaban J connectivity index is 1.44. The van der Waals surface area contributed by atoms with Crippen molar-refractivity contribution < 1.29 is 0 Å². The lowest BCUT2D eigenvalue weighted by Gasteiger charge is -2.22. The molecule has 5 rings (SSSR count). The van der Waals surface area contributed by atoms with Crippen LogP contribution < -0.4 is 16.0 Å². The minimum atomic E-state index is 0.204. The summed E-state index contributed by atoms with van der Waals surface area (Å²) in [6.45, 7) is 2.84. The predicted molar refractivity (Wildman–Crippen MR) is 134 cm³/mol. The summed E-state index contributed by atoms with van der Waals surface area (Å²) in [5, 5.41) is 12.8. The van der Waals surface area contributed by atoms with E-state index < -0.39 is 0 Å². The number of hydrogen-bond acceptors (Lipinski definition) is 3. The largest absolute Gasteiger partial charge is 0.379 e. The fraction of sp³-hybridized carbons (Fsp3) is 0.259. The number of benzene rings is 3. The average molecular weight is 445 g/mol.